The Labute approximate surface area is 258 Å². The molecule has 0 fully saturated rings. The number of methoxy groups -OCH3 is 1. The fraction of sp³-hybridized carbons (Fsp3) is 0.103. The molecule has 5 nitrogen and oxygen atoms in total. The Morgan fingerprint density at radius 3 is 2.07 bits per heavy atom. The third-order valence-corrected chi connectivity index (χ3v) is 7.39. The summed E-state index contributed by atoms with van der Waals surface area (Å²) < 4.78 is 23.3. The van der Waals surface area contributed by atoms with E-state index in [0.29, 0.717) is 13.2 Å². The van der Waals surface area contributed by atoms with Crippen LogP contribution in [-0.4, -0.2) is 12.3 Å². The predicted molar refractivity (Wildman–Crippen MR) is 176 cm³/mol. The third kappa shape index (κ3) is 6.90. The largest absolute Gasteiger partial charge is 0.497 e. The van der Waals surface area contributed by atoms with Crippen molar-refractivity contribution in [1.82, 2.24) is 5.16 Å². The quantitative estimate of drug-likeness (QED) is 0.143. The van der Waals surface area contributed by atoms with Crippen LogP contribution in [0, 0.1) is 6.92 Å². The van der Waals surface area contributed by atoms with Crippen LogP contribution in [0.25, 0.3) is 34.4 Å². The molecule has 0 aliphatic rings. The van der Waals surface area contributed by atoms with Gasteiger partial charge in [-0.2, -0.15) is 0 Å². The number of hydrogen-bond acceptors (Lipinski definition) is 5. The van der Waals surface area contributed by atoms with Gasteiger partial charge in [-0.05, 0) is 76.7 Å². The van der Waals surface area contributed by atoms with E-state index in [1.165, 1.54) is 0 Å². The molecule has 0 spiro atoms. The summed E-state index contributed by atoms with van der Waals surface area (Å²) in [6, 6.07) is 40.8. The molecule has 1 heterocycles. The van der Waals surface area contributed by atoms with Crippen molar-refractivity contribution in [2.45, 2.75) is 20.1 Å². The first-order valence-electron chi connectivity index (χ1n) is 14.5. The molecule has 5 aromatic carbocycles. The minimum atomic E-state index is 0.459. The van der Waals surface area contributed by atoms with Crippen LogP contribution in [0.3, 0.4) is 0 Å². The van der Waals surface area contributed by atoms with E-state index >= 15 is 0 Å². The Balaban J connectivity index is 1.29. The van der Waals surface area contributed by atoms with E-state index in [4.69, 9.17) is 18.7 Å². The second-order valence-electron chi connectivity index (χ2n) is 10.4. The standard InChI is InChI=1S/C39H33NO4/c1-28-38(27-44-40-28)36-21-20-34(41-2)23-37(36)33-15-9-14-29(22-33)16-17-32-18-19-35(42-25-30-10-5-3-6-11-30)24-39(32)43-26-31-12-7-4-8-13-31/h3-24,27H,25-26H2,1-2H3/b17-16+. The number of ether oxygens (including phenoxy) is 3. The van der Waals surface area contributed by atoms with Gasteiger partial charge in [0.05, 0.1) is 12.8 Å². The van der Waals surface area contributed by atoms with E-state index in [9.17, 15) is 0 Å². The molecule has 0 bridgehead atoms. The molecule has 0 N–H and O–H groups in total. The van der Waals surface area contributed by atoms with Crippen molar-refractivity contribution in [2.24, 2.45) is 0 Å². The molecular weight excluding hydrogens is 546 g/mol. The maximum absolute atomic E-state index is 6.33. The lowest BCUT2D eigenvalue weighted by atomic mass is 9.93. The van der Waals surface area contributed by atoms with Crippen molar-refractivity contribution in [3.8, 4) is 39.5 Å². The van der Waals surface area contributed by atoms with Crippen LogP contribution < -0.4 is 14.2 Å². The number of aromatic nitrogens is 1. The highest BCUT2D eigenvalue weighted by Gasteiger charge is 2.14. The number of nitrogens with zero attached hydrogens (tertiary/aromatic N) is 1. The molecule has 1 aromatic heterocycles. The van der Waals surface area contributed by atoms with Gasteiger partial charge < -0.3 is 18.7 Å². The number of benzene rings is 5. The highest BCUT2D eigenvalue weighted by atomic mass is 16.5. The van der Waals surface area contributed by atoms with Crippen LogP contribution in [-0.2, 0) is 13.2 Å². The highest BCUT2D eigenvalue weighted by molar-refractivity contribution is 5.86. The molecule has 0 atom stereocenters. The van der Waals surface area contributed by atoms with E-state index in [0.717, 1.165) is 67.5 Å². The summed E-state index contributed by atoms with van der Waals surface area (Å²) in [4.78, 5) is 0. The summed E-state index contributed by atoms with van der Waals surface area (Å²) in [5, 5.41) is 4.09. The van der Waals surface area contributed by atoms with Crippen molar-refractivity contribution in [3.63, 3.8) is 0 Å². The first-order valence-corrected chi connectivity index (χ1v) is 14.5. The molecule has 0 unspecified atom stereocenters. The predicted octanol–water partition coefficient (Wildman–Crippen LogP) is 9.65. The molecule has 0 amide bonds. The molecule has 44 heavy (non-hydrogen) atoms. The Morgan fingerprint density at radius 1 is 0.636 bits per heavy atom. The van der Waals surface area contributed by atoms with Gasteiger partial charge in [0.15, 0.2) is 0 Å². The SMILES string of the molecule is COc1ccc(-c2conc2C)c(-c2cccc(/C=C/c3ccc(OCc4ccccc4)cc3OCc3ccccc3)c2)c1. The molecule has 0 saturated carbocycles. The molecule has 0 saturated heterocycles. The van der Waals surface area contributed by atoms with Gasteiger partial charge in [-0.3, -0.25) is 0 Å². The maximum atomic E-state index is 6.33. The van der Waals surface area contributed by atoms with Crippen molar-refractivity contribution in [3.05, 3.63) is 156 Å². The summed E-state index contributed by atoms with van der Waals surface area (Å²) in [5.41, 5.74) is 9.16. The van der Waals surface area contributed by atoms with Gasteiger partial charge in [0.2, 0.25) is 0 Å². The van der Waals surface area contributed by atoms with Crippen LogP contribution >= 0.6 is 0 Å². The lowest BCUT2D eigenvalue weighted by molar-refractivity contribution is 0.289. The molecule has 0 radical (unpaired) electrons. The van der Waals surface area contributed by atoms with Gasteiger partial charge in [0.1, 0.15) is 36.7 Å². The molecule has 6 rings (SSSR count). The lowest BCUT2D eigenvalue weighted by Crippen LogP contribution is -1.99. The minimum absolute atomic E-state index is 0.459. The zero-order chi connectivity index (χ0) is 30.1. The van der Waals surface area contributed by atoms with E-state index in [1.807, 2.05) is 79.7 Å². The fourth-order valence-corrected chi connectivity index (χ4v) is 5.01. The van der Waals surface area contributed by atoms with Gasteiger partial charge >= 0.3 is 0 Å². The van der Waals surface area contributed by atoms with E-state index < -0.39 is 0 Å². The molecule has 5 heteroatoms. The first-order chi connectivity index (χ1) is 21.7. The van der Waals surface area contributed by atoms with Crippen LogP contribution in [0.15, 0.2) is 132 Å². The Kier molecular flexibility index (Phi) is 8.84. The number of rotatable bonds is 11. The Hall–Kier alpha value is -5.55. The van der Waals surface area contributed by atoms with Crippen LogP contribution in [0.2, 0.25) is 0 Å². The van der Waals surface area contributed by atoms with E-state index in [2.05, 4.69) is 65.8 Å². The second kappa shape index (κ2) is 13.6. The summed E-state index contributed by atoms with van der Waals surface area (Å²) in [7, 11) is 1.68. The summed E-state index contributed by atoms with van der Waals surface area (Å²) in [5.74, 6) is 2.30. The van der Waals surface area contributed by atoms with Crippen LogP contribution in [0.5, 0.6) is 17.2 Å². The van der Waals surface area contributed by atoms with Crippen molar-refractivity contribution in [2.75, 3.05) is 7.11 Å². The number of hydrogen-bond donors (Lipinski definition) is 0. The first kappa shape index (κ1) is 28.6. The Bertz CT molecular complexity index is 1860. The summed E-state index contributed by atoms with van der Waals surface area (Å²) in [6.07, 6.45) is 5.87. The normalized spacial score (nSPS) is 11.0. The lowest BCUT2D eigenvalue weighted by Gasteiger charge is -2.13. The summed E-state index contributed by atoms with van der Waals surface area (Å²) >= 11 is 0. The van der Waals surface area contributed by atoms with Crippen molar-refractivity contribution in [1.29, 1.82) is 0 Å². The van der Waals surface area contributed by atoms with Gasteiger partial charge in [-0.25, -0.2) is 0 Å². The second-order valence-corrected chi connectivity index (χ2v) is 10.4. The average Bonchev–Trinajstić information content (AvgIpc) is 3.52. The Morgan fingerprint density at radius 2 is 1.36 bits per heavy atom. The van der Waals surface area contributed by atoms with Gasteiger partial charge in [0, 0.05) is 17.2 Å². The molecule has 0 aliphatic carbocycles. The van der Waals surface area contributed by atoms with E-state index in [-0.39, 0.29) is 0 Å². The monoisotopic (exact) mass is 579 g/mol. The van der Waals surface area contributed by atoms with Gasteiger partial charge in [-0.1, -0.05) is 96.2 Å². The smallest absolute Gasteiger partial charge is 0.131 e. The average molecular weight is 580 g/mol. The fourth-order valence-electron chi connectivity index (χ4n) is 5.01. The minimum Gasteiger partial charge on any atom is -0.497 e. The third-order valence-electron chi connectivity index (χ3n) is 7.39. The van der Waals surface area contributed by atoms with Crippen LogP contribution in [0.4, 0.5) is 0 Å². The van der Waals surface area contributed by atoms with Crippen LogP contribution in [0.1, 0.15) is 27.9 Å². The molecule has 0 aliphatic heterocycles. The molecular formula is C39H33NO4. The number of aryl methyl sites for hydroxylation is 1. The van der Waals surface area contributed by atoms with Crippen molar-refractivity contribution < 1.29 is 18.7 Å². The van der Waals surface area contributed by atoms with E-state index in [1.54, 1.807) is 13.4 Å². The zero-order valence-corrected chi connectivity index (χ0v) is 24.8. The van der Waals surface area contributed by atoms with Gasteiger partial charge in [-0.15, -0.1) is 0 Å². The zero-order valence-electron chi connectivity index (χ0n) is 24.8. The maximum Gasteiger partial charge on any atom is 0.131 e. The van der Waals surface area contributed by atoms with Crippen molar-refractivity contribution >= 4 is 12.2 Å². The highest BCUT2D eigenvalue weighted by Crippen LogP contribution is 2.37. The molecule has 6 aromatic rings. The topological polar surface area (TPSA) is 53.7 Å². The van der Waals surface area contributed by atoms with Gasteiger partial charge in [0.25, 0.3) is 0 Å². The molecule has 218 valence electrons. The summed E-state index contributed by atoms with van der Waals surface area (Å²) in [6.45, 7) is 2.89.